The summed E-state index contributed by atoms with van der Waals surface area (Å²) in [7, 11) is 1.82. The molecule has 0 aliphatic carbocycles. The van der Waals surface area contributed by atoms with Gasteiger partial charge in [0.25, 0.3) is 0 Å². The zero-order chi connectivity index (χ0) is 9.97. The molecule has 0 unspecified atom stereocenters. The van der Waals surface area contributed by atoms with E-state index in [2.05, 4.69) is 0 Å². The molecule has 0 spiro atoms. The molecule has 1 aliphatic heterocycles. The summed E-state index contributed by atoms with van der Waals surface area (Å²) < 4.78 is 0. The molecule has 0 aromatic heterocycles. The van der Waals surface area contributed by atoms with Gasteiger partial charge in [0.15, 0.2) is 0 Å². The average molecular weight is 205 g/mol. The standard InChI is InChI=1S/C11H11NOS/c1-12-10(7-14-8-11(12)13)9-5-3-2-4-6-9/h2-7H,8H2,1H3. The molecule has 0 atom stereocenters. The number of thioether (sulfide) groups is 1. The van der Waals surface area contributed by atoms with Crippen LogP contribution in [0.25, 0.3) is 5.70 Å². The van der Waals surface area contributed by atoms with Crippen molar-refractivity contribution in [1.82, 2.24) is 4.90 Å². The molecule has 3 heteroatoms. The summed E-state index contributed by atoms with van der Waals surface area (Å²) in [5.74, 6) is 0.712. The molecule has 1 amide bonds. The Bertz CT molecular complexity index is 372. The minimum atomic E-state index is 0.163. The Morgan fingerprint density at radius 1 is 1.29 bits per heavy atom. The molecule has 1 aliphatic rings. The van der Waals surface area contributed by atoms with Gasteiger partial charge in [-0.05, 0) is 11.0 Å². The molecule has 72 valence electrons. The highest BCUT2D eigenvalue weighted by Crippen LogP contribution is 2.26. The highest BCUT2D eigenvalue weighted by Gasteiger charge is 2.18. The van der Waals surface area contributed by atoms with E-state index >= 15 is 0 Å². The molecule has 2 nitrogen and oxygen atoms in total. The van der Waals surface area contributed by atoms with Gasteiger partial charge in [-0.2, -0.15) is 0 Å². The number of nitrogens with zero attached hydrogens (tertiary/aromatic N) is 1. The number of amides is 1. The van der Waals surface area contributed by atoms with Crippen LogP contribution in [-0.2, 0) is 4.79 Å². The lowest BCUT2D eigenvalue weighted by Crippen LogP contribution is -2.29. The molecule has 1 aromatic carbocycles. The minimum absolute atomic E-state index is 0.163. The zero-order valence-electron chi connectivity index (χ0n) is 7.93. The lowest BCUT2D eigenvalue weighted by molar-refractivity contribution is -0.124. The summed E-state index contributed by atoms with van der Waals surface area (Å²) in [4.78, 5) is 13.2. The molecular formula is C11H11NOS. The van der Waals surface area contributed by atoms with Gasteiger partial charge in [0.1, 0.15) is 0 Å². The van der Waals surface area contributed by atoms with Crippen molar-refractivity contribution >= 4 is 23.4 Å². The first-order chi connectivity index (χ1) is 6.79. The lowest BCUT2D eigenvalue weighted by Gasteiger charge is -2.24. The van der Waals surface area contributed by atoms with Crippen LogP contribution in [0.3, 0.4) is 0 Å². The second kappa shape index (κ2) is 3.88. The van der Waals surface area contributed by atoms with Gasteiger partial charge in [-0.25, -0.2) is 0 Å². The van der Waals surface area contributed by atoms with E-state index in [9.17, 15) is 4.79 Å². The van der Waals surface area contributed by atoms with Gasteiger partial charge in [0.05, 0.1) is 11.4 Å². The van der Waals surface area contributed by atoms with Crippen LogP contribution in [0, 0.1) is 0 Å². The van der Waals surface area contributed by atoms with Crippen LogP contribution < -0.4 is 0 Å². The van der Waals surface area contributed by atoms with Crippen molar-refractivity contribution in [1.29, 1.82) is 0 Å². The van der Waals surface area contributed by atoms with E-state index in [1.54, 1.807) is 16.7 Å². The third kappa shape index (κ3) is 1.68. The first kappa shape index (κ1) is 9.34. The summed E-state index contributed by atoms with van der Waals surface area (Å²) in [6.07, 6.45) is 0. The van der Waals surface area contributed by atoms with E-state index in [1.807, 2.05) is 42.8 Å². The molecule has 0 radical (unpaired) electrons. The maximum absolute atomic E-state index is 11.4. The van der Waals surface area contributed by atoms with Crippen LogP contribution >= 0.6 is 11.8 Å². The van der Waals surface area contributed by atoms with Crippen molar-refractivity contribution in [2.45, 2.75) is 0 Å². The van der Waals surface area contributed by atoms with Gasteiger partial charge in [-0.3, -0.25) is 4.79 Å². The lowest BCUT2D eigenvalue weighted by atomic mass is 10.1. The normalized spacial score (nSPS) is 16.8. The largest absolute Gasteiger partial charge is 0.314 e. The van der Waals surface area contributed by atoms with E-state index in [0.717, 1.165) is 11.3 Å². The van der Waals surface area contributed by atoms with Gasteiger partial charge in [0.2, 0.25) is 5.91 Å². The van der Waals surface area contributed by atoms with Crippen LogP contribution in [-0.4, -0.2) is 23.6 Å². The number of hydrogen-bond acceptors (Lipinski definition) is 2. The minimum Gasteiger partial charge on any atom is -0.314 e. The maximum atomic E-state index is 11.4. The highest BCUT2D eigenvalue weighted by atomic mass is 32.2. The van der Waals surface area contributed by atoms with Crippen LogP contribution in [0.1, 0.15) is 5.56 Å². The highest BCUT2D eigenvalue weighted by molar-refractivity contribution is 8.03. The Morgan fingerprint density at radius 2 is 2.00 bits per heavy atom. The SMILES string of the molecule is CN1C(=O)CSC=C1c1ccccc1. The van der Waals surface area contributed by atoms with E-state index in [1.165, 1.54) is 0 Å². The number of rotatable bonds is 1. The molecule has 14 heavy (non-hydrogen) atoms. The summed E-state index contributed by atoms with van der Waals surface area (Å²) in [6.45, 7) is 0. The quantitative estimate of drug-likeness (QED) is 0.700. The monoisotopic (exact) mass is 205 g/mol. The van der Waals surface area contributed by atoms with Gasteiger partial charge in [0, 0.05) is 7.05 Å². The Morgan fingerprint density at radius 3 is 2.71 bits per heavy atom. The first-order valence-corrected chi connectivity index (χ1v) is 5.47. The predicted molar refractivity (Wildman–Crippen MR) is 59.6 cm³/mol. The molecular weight excluding hydrogens is 194 g/mol. The molecule has 0 saturated heterocycles. The van der Waals surface area contributed by atoms with E-state index in [4.69, 9.17) is 0 Å². The summed E-state index contributed by atoms with van der Waals surface area (Å²) in [5.41, 5.74) is 2.09. The fraction of sp³-hybridized carbons (Fsp3) is 0.182. The van der Waals surface area contributed by atoms with Gasteiger partial charge < -0.3 is 4.90 Å². The molecule has 0 fully saturated rings. The summed E-state index contributed by atoms with van der Waals surface area (Å²) in [5, 5.41) is 2.04. The van der Waals surface area contributed by atoms with Gasteiger partial charge in [-0.15, -0.1) is 11.8 Å². The third-order valence-corrected chi connectivity index (χ3v) is 3.01. The smallest absolute Gasteiger partial charge is 0.237 e. The summed E-state index contributed by atoms with van der Waals surface area (Å²) >= 11 is 1.56. The van der Waals surface area contributed by atoms with Crippen molar-refractivity contribution in [3.63, 3.8) is 0 Å². The Hall–Kier alpha value is -1.22. The van der Waals surface area contributed by atoms with Gasteiger partial charge in [-0.1, -0.05) is 30.3 Å². The molecule has 0 bridgehead atoms. The van der Waals surface area contributed by atoms with Crippen LogP contribution in [0.5, 0.6) is 0 Å². The van der Waals surface area contributed by atoms with E-state index in [0.29, 0.717) is 5.75 Å². The number of carbonyl (C=O) groups is 1. The topological polar surface area (TPSA) is 20.3 Å². The van der Waals surface area contributed by atoms with Crippen molar-refractivity contribution in [2.24, 2.45) is 0 Å². The van der Waals surface area contributed by atoms with E-state index < -0.39 is 0 Å². The fourth-order valence-electron chi connectivity index (χ4n) is 1.37. The second-order valence-corrected chi connectivity index (χ2v) is 3.99. The van der Waals surface area contributed by atoms with Crippen molar-refractivity contribution in [2.75, 3.05) is 12.8 Å². The van der Waals surface area contributed by atoms with E-state index in [-0.39, 0.29) is 5.91 Å². The van der Waals surface area contributed by atoms with Crippen molar-refractivity contribution < 1.29 is 4.79 Å². The molecule has 2 rings (SSSR count). The Labute approximate surface area is 87.6 Å². The second-order valence-electron chi connectivity index (χ2n) is 3.13. The molecule has 1 aromatic rings. The summed E-state index contributed by atoms with van der Waals surface area (Å²) in [6, 6.07) is 9.96. The Kier molecular flexibility index (Phi) is 2.59. The number of hydrogen-bond donors (Lipinski definition) is 0. The maximum Gasteiger partial charge on any atom is 0.237 e. The molecule has 0 N–H and O–H groups in total. The number of carbonyl (C=O) groups excluding carboxylic acids is 1. The van der Waals surface area contributed by atoms with Crippen LogP contribution in [0.15, 0.2) is 35.7 Å². The zero-order valence-corrected chi connectivity index (χ0v) is 8.75. The first-order valence-electron chi connectivity index (χ1n) is 4.43. The third-order valence-electron chi connectivity index (χ3n) is 2.21. The van der Waals surface area contributed by atoms with Crippen LogP contribution in [0.4, 0.5) is 0 Å². The van der Waals surface area contributed by atoms with Crippen LogP contribution in [0.2, 0.25) is 0 Å². The predicted octanol–water partition coefficient (Wildman–Crippen LogP) is 2.19. The fourth-order valence-corrected chi connectivity index (χ4v) is 2.24. The molecule has 0 saturated carbocycles. The van der Waals surface area contributed by atoms with Gasteiger partial charge >= 0.3 is 0 Å². The Balaban J connectivity index is 2.35. The average Bonchev–Trinajstić information content (AvgIpc) is 2.23. The van der Waals surface area contributed by atoms with Crippen molar-refractivity contribution in [3.8, 4) is 0 Å². The number of benzene rings is 1. The van der Waals surface area contributed by atoms with Crippen molar-refractivity contribution in [3.05, 3.63) is 41.3 Å². The molecule has 1 heterocycles.